The zero-order chi connectivity index (χ0) is 12.9. The van der Waals surface area contributed by atoms with Crippen LogP contribution in [0, 0.1) is 0 Å². The highest BCUT2D eigenvalue weighted by atomic mass is 16.4. The third-order valence-corrected chi connectivity index (χ3v) is 3.28. The molecule has 1 fully saturated rings. The van der Waals surface area contributed by atoms with Crippen LogP contribution in [0.3, 0.4) is 0 Å². The van der Waals surface area contributed by atoms with Crippen molar-refractivity contribution < 1.29 is 4.42 Å². The fraction of sp³-hybridized carbons (Fsp3) is 0.429. The molecule has 0 radical (unpaired) electrons. The molecule has 0 saturated carbocycles. The van der Waals surface area contributed by atoms with Gasteiger partial charge in [-0.3, -0.25) is 4.90 Å². The molecule has 5 nitrogen and oxygen atoms in total. The molecule has 2 heterocycles. The lowest BCUT2D eigenvalue weighted by Gasteiger charge is -2.16. The molecule has 2 aromatic rings. The molecule has 1 aliphatic rings. The SMILES string of the molecule is c1ccc(-c2nnc(CN3CCCNCC3)o2)cc1. The van der Waals surface area contributed by atoms with Crippen molar-refractivity contribution in [1.29, 1.82) is 0 Å². The van der Waals surface area contributed by atoms with Gasteiger partial charge in [0.1, 0.15) is 0 Å². The Kier molecular flexibility index (Phi) is 3.86. The molecule has 1 aromatic heterocycles. The summed E-state index contributed by atoms with van der Waals surface area (Å²) in [6.45, 7) is 4.97. The van der Waals surface area contributed by atoms with E-state index in [2.05, 4.69) is 20.4 Å². The van der Waals surface area contributed by atoms with Crippen LogP contribution in [-0.2, 0) is 6.54 Å². The summed E-state index contributed by atoms with van der Waals surface area (Å²) >= 11 is 0. The van der Waals surface area contributed by atoms with Crippen molar-refractivity contribution >= 4 is 0 Å². The molecule has 0 amide bonds. The van der Waals surface area contributed by atoms with Crippen molar-refractivity contribution in [1.82, 2.24) is 20.4 Å². The second-order valence-electron chi connectivity index (χ2n) is 4.75. The van der Waals surface area contributed by atoms with Crippen LogP contribution in [0.4, 0.5) is 0 Å². The quantitative estimate of drug-likeness (QED) is 0.905. The second kappa shape index (κ2) is 5.95. The van der Waals surface area contributed by atoms with Crippen LogP contribution in [0.5, 0.6) is 0 Å². The molecule has 0 aliphatic carbocycles. The Morgan fingerprint density at radius 2 is 2.00 bits per heavy atom. The molecule has 100 valence electrons. The van der Waals surface area contributed by atoms with Crippen molar-refractivity contribution in [3.63, 3.8) is 0 Å². The Bertz CT molecular complexity index is 503. The van der Waals surface area contributed by atoms with Gasteiger partial charge in [-0.1, -0.05) is 18.2 Å². The fourth-order valence-corrected chi connectivity index (χ4v) is 2.27. The number of hydrogen-bond donors (Lipinski definition) is 1. The molecule has 0 bridgehead atoms. The zero-order valence-corrected chi connectivity index (χ0v) is 10.9. The maximum Gasteiger partial charge on any atom is 0.247 e. The second-order valence-corrected chi connectivity index (χ2v) is 4.75. The van der Waals surface area contributed by atoms with Crippen molar-refractivity contribution in [2.24, 2.45) is 0 Å². The summed E-state index contributed by atoms with van der Waals surface area (Å²) in [4.78, 5) is 2.35. The van der Waals surface area contributed by atoms with E-state index in [1.54, 1.807) is 0 Å². The van der Waals surface area contributed by atoms with Crippen molar-refractivity contribution in [2.45, 2.75) is 13.0 Å². The first-order valence-corrected chi connectivity index (χ1v) is 6.73. The lowest BCUT2D eigenvalue weighted by atomic mass is 10.2. The van der Waals surface area contributed by atoms with Gasteiger partial charge in [-0.2, -0.15) is 0 Å². The Balaban J connectivity index is 1.68. The molecule has 0 unspecified atom stereocenters. The van der Waals surface area contributed by atoms with Gasteiger partial charge >= 0.3 is 0 Å². The highest BCUT2D eigenvalue weighted by Crippen LogP contribution is 2.17. The van der Waals surface area contributed by atoms with E-state index in [4.69, 9.17) is 4.42 Å². The lowest BCUT2D eigenvalue weighted by molar-refractivity contribution is 0.255. The molecule has 3 rings (SSSR count). The fourth-order valence-electron chi connectivity index (χ4n) is 2.27. The number of nitrogens with zero attached hydrogens (tertiary/aromatic N) is 3. The molecule has 0 atom stereocenters. The first-order valence-electron chi connectivity index (χ1n) is 6.73. The van der Waals surface area contributed by atoms with Crippen LogP contribution >= 0.6 is 0 Å². The zero-order valence-electron chi connectivity index (χ0n) is 10.9. The van der Waals surface area contributed by atoms with Gasteiger partial charge in [0.15, 0.2) is 0 Å². The van der Waals surface area contributed by atoms with E-state index >= 15 is 0 Å². The standard InChI is InChI=1S/C14H18N4O/c1-2-5-12(6-3-1)14-17-16-13(19-14)11-18-9-4-7-15-8-10-18/h1-3,5-6,15H,4,7-11H2. The molecule has 19 heavy (non-hydrogen) atoms. The predicted octanol–water partition coefficient (Wildman–Crippen LogP) is 1.53. The number of hydrogen-bond acceptors (Lipinski definition) is 5. The van der Waals surface area contributed by atoms with Crippen LogP contribution in [0.2, 0.25) is 0 Å². The minimum Gasteiger partial charge on any atom is -0.419 e. The van der Waals surface area contributed by atoms with E-state index in [9.17, 15) is 0 Å². The monoisotopic (exact) mass is 258 g/mol. The van der Waals surface area contributed by atoms with Crippen LogP contribution in [0.25, 0.3) is 11.5 Å². The third kappa shape index (κ3) is 3.19. The van der Waals surface area contributed by atoms with Crippen LogP contribution in [0.15, 0.2) is 34.7 Å². The molecule has 5 heteroatoms. The normalized spacial score (nSPS) is 17.3. The Morgan fingerprint density at radius 1 is 1.11 bits per heavy atom. The maximum absolute atomic E-state index is 5.73. The average Bonchev–Trinajstić information content (AvgIpc) is 2.76. The highest BCUT2D eigenvalue weighted by molar-refractivity contribution is 5.51. The van der Waals surface area contributed by atoms with Gasteiger partial charge in [-0.15, -0.1) is 10.2 Å². The minimum atomic E-state index is 0.601. The number of rotatable bonds is 3. The summed E-state index contributed by atoms with van der Waals surface area (Å²) in [6, 6.07) is 9.88. The lowest BCUT2D eigenvalue weighted by Crippen LogP contribution is -2.27. The van der Waals surface area contributed by atoms with Crippen molar-refractivity contribution in [3.05, 3.63) is 36.2 Å². The Morgan fingerprint density at radius 3 is 2.89 bits per heavy atom. The van der Waals surface area contributed by atoms with E-state index in [-0.39, 0.29) is 0 Å². The van der Waals surface area contributed by atoms with E-state index in [0.29, 0.717) is 11.8 Å². The van der Waals surface area contributed by atoms with Gasteiger partial charge in [0, 0.05) is 18.7 Å². The first kappa shape index (κ1) is 12.3. The van der Waals surface area contributed by atoms with Gasteiger partial charge in [0.2, 0.25) is 11.8 Å². The van der Waals surface area contributed by atoms with Gasteiger partial charge < -0.3 is 9.73 Å². The van der Waals surface area contributed by atoms with Crippen molar-refractivity contribution in [3.8, 4) is 11.5 Å². The molecular formula is C14H18N4O. The molecule has 1 aromatic carbocycles. The minimum absolute atomic E-state index is 0.601. The van der Waals surface area contributed by atoms with Gasteiger partial charge in [0.25, 0.3) is 0 Å². The number of benzene rings is 1. The predicted molar refractivity (Wildman–Crippen MR) is 72.5 cm³/mol. The van der Waals surface area contributed by atoms with E-state index in [0.717, 1.165) is 38.3 Å². The molecule has 1 saturated heterocycles. The largest absolute Gasteiger partial charge is 0.419 e. The average molecular weight is 258 g/mol. The van der Waals surface area contributed by atoms with Gasteiger partial charge in [0.05, 0.1) is 6.54 Å². The van der Waals surface area contributed by atoms with Crippen molar-refractivity contribution in [2.75, 3.05) is 26.2 Å². The van der Waals surface area contributed by atoms with Gasteiger partial charge in [-0.05, 0) is 31.6 Å². The van der Waals surface area contributed by atoms with E-state index < -0.39 is 0 Å². The smallest absolute Gasteiger partial charge is 0.247 e. The van der Waals surface area contributed by atoms with Crippen LogP contribution in [-0.4, -0.2) is 41.3 Å². The summed E-state index contributed by atoms with van der Waals surface area (Å²) in [5.74, 6) is 1.30. The summed E-state index contributed by atoms with van der Waals surface area (Å²) in [5, 5.41) is 11.6. The Hall–Kier alpha value is -1.72. The van der Waals surface area contributed by atoms with Crippen LogP contribution < -0.4 is 5.32 Å². The summed E-state index contributed by atoms with van der Waals surface area (Å²) in [7, 11) is 0. The Labute approximate surface area is 112 Å². The molecule has 0 spiro atoms. The highest BCUT2D eigenvalue weighted by Gasteiger charge is 2.14. The first-order chi connectivity index (χ1) is 9.42. The summed E-state index contributed by atoms with van der Waals surface area (Å²) < 4.78 is 5.73. The maximum atomic E-state index is 5.73. The number of aromatic nitrogens is 2. The van der Waals surface area contributed by atoms with Crippen LogP contribution in [0.1, 0.15) is 12.3 Å². The summed E-state index contributed by atoms with van der Waals surface area (Å²) in [5.41, 5.74) is 0.971. The van der Waals surface area contributed by atoms with E-state index in [1.807, 2.05) is 30.3 Å². The topological polar surface area (TPSA) is 54.2 Å². The molecular weight excluding hydrogens is 240 g/mol. The molecule has 1 N–H and O–H groups in total. The summed E-state index contributed by atoms with van der Waals surface area (Å²) in [6.07, 6.45) is 1.17. The van der Waals surface area contributed by atoms with Gasteiger partial charge in [-0.25, -0.2) is 0 Å². The third-order valence-electron chi connectivity index (χ3n) is 3.28. The molecule has 1 aliphatic heterocycles. The number of nitrogens with one attached hydrogen (secondary N) is 1. The van der Waals surface area contributed by atoms with E-state index in [1.165, 1.54) is 6.42 Å².